The number of nitrogens with one attached hydrogen (secondary N) is 1. The number of nitrogens with zero attached hydrogens (tertiary/aromatic N) is 2. The summed E-state index contributed by atoms with van der Waals surface area (Å²) in [5, 5.41) is 3.17. The Labute approximate surface area is 160 Å². The van der Waals surface area contributed by atoms with Gasteiger partial charge in [-0.2, -0.15) is 0 Å². The number of carbonyl (C=O) groups excluding carboxylic acids is 1. The van der Waals surface area contributed by atoms with Gasteiger partial charge in [-0.25, -0.2) is 4.98 Å². The lowest BCUT2D eigenvalue weighted by Crippen LogP contribution is -2.31. The van der Waals surface area contributed by atoms with Crippen LogP contribution in [-0.4, -0.2) is 29.7 Å². The Morgan fingerprint density at radius 2 is 1.89 bits per heavy atom. The first-order valence-corrected chi connectivity index (χ1v) is 9.60. The molecule has 1 saturated carbocycles. The molecular formula is C21H29N3O3. The molecule has 0 bridgehead atoms. The van der Waals surface area contributed by atoms with Crippen molar-refractivity contribution in [1.82, 2.24) is 14.9 Å². The van der Waals surface area contributed by atoms with Gasteiger partial charge in [-0.1, -0.05) is 25.7 Å². The third kappa shape index (κ3) is 4.81. The van der Waals surface area contributed by atoms with E-state index in [0.717, 1.165) is 17.8 Å². The largest absolute Gasteiger partial charge is 0.497 e. The van der Waals surface area contributed by atoms with Crippen molar-refractivity contribution >= 4 is 5.91 Å². The first-order valence-electron chi connectivity index (χ1n) is 9.60. The highest BCUT2D eigenvalue weighted by Crippen LogP contribution is 2.31. The second-order valence-corrected chi connectivity index (χ2v) is 7.23. The Hall–Kier alpha value is -2.50. The number of imidazole rings is 1. The molecule has 1 amide bonds. The predicted octanol–water partition coefficient (Wildman–Crippen LogP) is 3.61. The van der Waals surface area contributed by atoms with E-state index in [1.54, 1.807) is 20.4 Å². The van der Waals surface area contributed by atoms with E-state index in [-0.39, 0.29) is 11.9 Å². The zero-order valence-electron chi connectivity index (χ0n) is 16.4. The molecule has 1 aromatic carbocycles. The summed E-state index contributed by atoms with van der Waals surface area (Å²) in [6.45, 7) is 0. The van der Waals surface area contributed by atoms with Crippen molar-refractivity contribution in [1.29, 1.82) is 0 Å². The molecule has 1 aliphatic carbocycles. The Balaban J connectivity index is 1.81. The lowest BCUT2D eigenvalue weighted by molar-refractivity contribution is -0.121. The van der Waals surface area contributed by atoms with Crippen molar-refractivity contribution in [2.24, 2.45) is 13.0 Å². The van der Waals surface area contributed by atoms with Gasteiger partial charge in [0, 0.05) is 31.9 Å². The third-order valence-electron chi connectivity index (χ3n) is 5.38. The first-order chi connectivity index (χ1) is 13.1. The van der Waals surface area contributed by atoms with Gasteiger partial charge in [0.15, 0.2) is 0 Å². The standard InChI is InChI=1S/C21H29N3O3/c1-24-11-10-22-21(24)20(16-12-17(26-2)14-18(13-16)27-3)23-19(25)9-8-15-6-4-5-7-15/h10-15,20H,4-9H2,1-3H3,(H,23,25). The quantitative estimate of drug-likeness (QED) is 0.770. The zero-order chi connectivity index (χ0) is 19.2. The molecule has 27 heavy (non-hydrogen) atoms. The lowest BCUT2D eigenvalue weighted by Gasteiger charge is -2.21. The van der Waals surface area contributed by atoms with Crippen LogP contribution in [0.1, 0.15) is 56.0 Å². The Bertz CT molecular complexity index is 744. The summed E-state index contributed by atoms with van der Waals surface area (Å²) >= 11 is 0. The minimum absolute atomic E-state index is 0.0525. The van der Waals surface area contributed by atoms with Crippen LogP contribution in [-0.2, 0) is 11.8 Å². The second-order valence-electron chi connectivity index (χ2n) is 7.23. The Morgan fingerprint density at radius 3 is 2.44 bits per heavy atom. The molecule has 0 spiro atoms. The smallest absolute Gasteiger partial charge is 0.220 e. The van der Waals surface area contributed by atoms with E-state index in [1.165, 1.54) is 25.7 Å². The number of benzene rings is 1. The summed E-state index contributed by atoms with van der Waals surface area (Å²) in [7, 11) is 5.17. The summed E-state index contributed by atoms with van der Waals surface area (Å²) in [5.74, 6) is 2.89. The van der Waals surface area contributed by atoms with Crippen LogP contribution in [0.2, 0.25) is 0 Å². The van der Waals surface area contributed by atoms with Gasteiger partial charge in [0.1, 0.15) is 23.4 Å². The van der Waals surface area contributed by atoms with Gasteiger partial charge >= 0.3 is 0 Å². The number of methoxy groups -OCH3 is 2. The molecule has 1 aliphatic rings. The van der Waals surface area contributed by atoms with Crippen molar-refractivity contribution in [3.63, 3.8) is 0 Å². The van der Waals surface area contributed by atoms with E-state index in [2.05, 4.69) is 10.3 Å². The van der Waals surface area contributed by atoms with Gasteiger partial charge in [-0.05, 0) is 30.0 Å². The second kappa shape index (κ2) is 8.93. The van der Waals surface area contributed by atoms with Crippen LogP contribution in [0.5, 0.6) is 11.5 Å². The molecule has 1 fully saturated rings. The fourth-order valence-electron chi connectivity index (χ4n) is 3.82. The number of ether oxygens (including phenoxy) is 2. The molecule has 1 heterocycles. The fraction of sp³-hybridized carbons (Fsp3) is 0.524. The van der Waals surface area contributed by atoms with Crippen molar-refractivity contribution in [2.75, 3.05) is 14.2 Å². The maximum absolute atomic E-state index is 12.7. The van der Waals surface area contributed by atoms with Gasteiger partial charge in [0.2, 0.25) is 5.91 Å². The fourth-order valence-corrected chi connectivity index (χ4v) is 3.82. The van der Waals surface area contributed by atoms with Crippen LogP contribution >= 0.6 is 0 Å². The summed E-state index contributed by atoms with van der Waals surface area (Å²) < 4.78 is 12.7. The average molecular weight is 371 g/mol. The number of aryl methyl sites for hydroxylation is 1. The number of amides is 1. The molecule has 1 aromatic heterocycles. The van der Waals surface area contributed by atoms with E-state index in [0.29, 0.717) is 23.8 Å². The highest BCUT2D eigenvalue weighted by atomic mass is 16.5. The molecule has 1 N–H and O–H groups in total. The molecule has 0 radical (unpaired) electrons. The van der Waals surface area contributed by atoms with Crippen molar-refractivity contribution in [3.05, 3.63) is 42.0 Å². The molecule has 1 atom stereocenters. The maximum Gasteiger partial charge on any atom is 0.220 e. The predicted molar refractivity (Wildman–Crippen MR) is 104 cm³/mol. The monoisotopic (exact) mass is 371 g/mol. The lowest BCUT2D eigenvalue weighted by atomic mass is 10.0. The average Bonchev–Trinajstić information content (AvgIpc) is 3.35. The van der Waals surface area contributed by atoms with Gasteiger partial charge in [0.25, 0.3) is 0 Å². The van der Waals surface area contributed by atoms with E-state index >= 15 is 0 Å². The van der Waals surface area contributed by atoms with E-state index in [1.807, 2.05) is 36.0 Å². The zero-order valence-corrected chi connectivity index (χ0v) is 16.4. The van der Waals surface area contributed by atoms with Crippen LogP contribution in [0.4, 0.5) is 0 Å². The highest BCUT2D eigenvalue weighted by molar-refractivity contribution is 5.77. The molecule has 0 aliphatic heterocycles. The number of hydrogen-bond acceptors (Lipinski definition) is 4. The van der Waals surface area contributed by atoms with E-state index < -0.39 is 0 Å². The van der Waals surface area contributed by atoms with Crippen LogP contribution in [0.15, 0.2) is 30.6 Å². The molecule has 2 aromatic rings. The Kier molecular flexibility index (Phi) is 6.37. The molecular weight excluding hydrogens is 342 g/mol. The van der Waals surface area contributed by atoms with Gasteiger partial charge in [-0.15, -0.1) is 0 Å². The SMILES string of the molecule is COc1cc(OC)cc(C(NC(=O)CCC2CCCC2)c2nccn2C)c1. The van der Waals surface area contributed by atoms with Gasteiger partial charge in [0.05, 0.1) is 14.2 Å². The van der Waals surface area contributed by atoms with Gasteiger partial charge < -0.3 is 19.4 Å². The summed E-state index contributed by atoms with van der Waals surface area (Å²) in [6, 6.07) is 5.30. The molecule has 0 saturated heterocycles. The van der Waals surface area contributed by atoms with E-state index in [4.69, 9.17) is 9.47 Å². The first kappa shape index (κ1) is 19.3. The topological polar surface area (TPSA) is 65.4 Å². The number of carbonyl (C=O) groups is 1. The summed E-state index contributed by atoms with van der Waals surface area (Å²) in [4.78, 5) is 17.1. The molecule has 3 rings (SSSR count). The number of rotatable bonds is 8. The van der Waals surface area contributed by atoms with Crippen molar-refractivity contribution in [3.8, 4) is 11.5 Å². The summed E-state index contributed by atoms with van der Waals surface area (Å²) in [5.41, 5.74) is 0.884. The van der Waals surface area contributed by atoms with Crippen molar-refractivity contribution < 1.29 is 14.3 Å². The molecule has 1 unspecified atom stereocenters. The highest BCUT2D eigenvalue weighted by Gasteiger charge is 2.23. The van der Waals surface area contributed by atoms with Crippen molar-refractivity contribution in [2.45, 2.75) is 44.6 Å². The Morgan fingerprint density at radius 1 is 1.22 bits per heavy atom. The number of aromatic nitrogens is 2. The molecule has 6 nitrogen and oxygen atoms in total. The van der Waals surface area contributed by atoms with Crippen LogP contribution < -0.4 is 14.8 Å². The number of hydrogen-bond donors (Lipinski definition) is 1. The van der Waals surface area contributed by atoms with Crippen LogP contribution in [0, 0.1) is 5.92 Å². The van der Waals surface area contributed by atoms with Crippen LogP contribution in [0.25, 0.3) is 0 Å². The van der Waals surface area contributed by atoms with Gasteiger partial charge in [-0.3, -0.25) is 4.79 Å². The maximum atomic E-state index is 12.7. The van der Waals surface area contributed by atoms with Crippen LogP contribution in [0.3, 0.4) is 0 Å². The molecule has 146 valence electrons. The minimum atomic E-state index is -0.356. The summed E-state index contributed by atoms with van der Waals surface area (Å²) in [6.07, 6.45) is 10.2. The molecule has 6 heteroatoms. The third-order valence-corrected chi connectivity index (χ3v) is 5.38. The minimum Gasteiger partial charge on any atom is -0.497 e. The van der Waals surface area contributed by atoms with E-state index in [9.17, 15) is 4.79 Å². The normalized spacial score (nSPS) is 15.5.